The Kier molecular flexibility index (Phi) is 5.87. The summed E-state index contributed by atoms with van der Waals surface area (Å²) in [5.74, 6) is -0.467. The fourth-order valence-electron chi connectivity index (χ4n) is 2.15. The van der Waals surface area contributed by atoms with Crippen LogP contribution >= 0.6 is 23.2 Å². The molecule has 1 N–H and O–H groups in total. The molecule has 140 valence electrons. The van der Waals surface area contributed by atoms with Crippen molar-refractivity contribution in [3.63, 3.8) is 0 Å². The second-order valence-corrected chi connectivity index (χ2v) is 6.17. The van der Waals surface area contributed by atoms with Gasteiger partial charge in [0.15, 0.2) is 0 Å². The van der Waals surface area contributed by atoms with Crippen LogP contribution in [0.25, 0.3) is 0 Å². The van der Waals surface area contributed by atoms with Crippen molar-refractivity contribution in [2.75, 3.05) is 12.4 Å². The number of nitrogens with one attached hydrogen (secondary N) is 1. The third kappa shape index (κ3) is 4.50. The standard InChI is InChI=1S/C16H13Cl2F3N2O3/c1-8-3-12(13(26-2)5-10(8)17)22-14(24)7-23-6-9(16(19,20)21)4-11(18)15(23)25/h3-6H,7H2,1-2H3,(H,22,24). The number of methoxy groups -OCH3 is 1. The molecule has 0 aliphatic carbocycles. The number of hydrogen-bond donors (Lipinski definition) is 1. The highest BCUT2D eigenvalue weighted by molar-refractivity contribution is 6.31. The topological polar surface area (TPSA) is 60.3 Å². The lowest BCUT2D eigenvalue weighted by molar-refractivity contribution is -0.138. The molecule has 2 rings (SSSR count). The van der Waals surface area contributed by atoms with Gasteiger partial charge in [-0.25, -0.2) is 0 Å². The van der Waals surface area contributed by atoms with Crippen molar-refractivity contribution >= 4 is 34.8 Å². The van der Waals surface area contributed by atoms with Gasteiger partial charge in [-0.2, -0.15) is 13.2 Å². The molecule has 0 aliphatic heterocycles. The van der Waals surface area contributed by atoms with Crippen LogP contribution in [0, 0.1) is 6.92 Å². The molecule has 1 heterocycles. The Morgan fingerprint density at radius 3 is 2.46 bits per heavy atom. The lowest BCUT2D eigenvalue weighted by atomic mass is 10.2. The highest BCUT2D eigenvalue weighted by atomic mass is 35.5. The van der Waals surface area contributed by atoms with Crippen molar-refractivity contribution in [1.29, 1.82) is 0 Å². The maximum atomic E-state index is 12.8. The van der Waals surface area contributed by atoms with Gasteiger partial charge in [0.05, 0.1) is 18.4 Å². The van der Waals surface area contributed by atoms with Gasteiger partial charge in [-0.1, -0.05) is 23.2 Å². The summed E-state index contributed by atoms with van der Waals surface area (Å²) in [6.45, 7) is 1.04. The molecule has 5 nitrogen and oxygen atoms in total. The molecule has 0 saturated heterocycles. The fourth-order valence-corrected chi connectivity index (χ4v) is 2.53. The normalized spacial score (nSPS) is 11.3. The summed E-state index contributed by atoms with van der Waals surface area (Å²) in [5, 5.41) is 2.26. The number of benzene rings is 1. The van der Waals surface area contributed by atoms with Crippen molar-refractivity contribution in [2.24, 2.45) is 0 Å². The molecule has 26 heavy (non-hydrogen) atoms. The number of ether oxygens (including phenoxy) is 1. The molecule has 0 aliphatic rings. The fraction of sp³-hybridized carbons (Fsp3) is 0.250. The zero-order chi connectivity index (χ0) is 19.6. The third-order valence-electron chi connectivity index (χ3n) is 3.44. The summed E-state index contributed by atoms with van der Waals surface area (Å²) < 4.78 is 44.2. The largest absolute Gasteiger partial charge is 0.495 e. The average Bonchev–Trinajstić information content (AvgIpc) is 2.53. The molecule has 1 aromatic heterocycles. The second kappa shape index (κ2) is 7.59. The number of carbonyl (C=O) groups excluding carboxylic acids is 1. The highest BCUT2D eigenvalue weighted by Gasteiger charge is 2.32. The van der Waals surface area contributed by atoms with Gasteiger partial charge in [-0.15, -0.1) is 0 Å². The minimum Gasteiger partial charge on any atom is -0.495 e. The number of alkyl halides is 3. The Morgan fingerprint density at radius 1 is 1.23 bits per heavy atom. The first-order valence-corrected chi connectivity index (χ1v) is 7.89. The highest BCUT2D eigenvalue weighted by Crippen LogP contribution is 2.31. The predicted octanol–water partition coefficient (Wildman–Crippen LogP) is 4.13. The zero-order valence-electron chi connectivity index (χ0n) is 13.6. The number of hydrogen-bond acceptors (Lipinski definition) is 3. The Morgan fingerprint density at radius 2 is 1.88 bits per heavy atom. The average molecular weight is 409 g/mol. The van der Waals surface area contributed by atoms with Gasteiger partial charge < -0.3 is 14.6 Å². The Hall–Kier alpha value is -2.19. The minimum atomic E-state index is -4.70. The molecule has 0 unspecified atom stereocenters. The van der Waals surface area contributed by atoms with Crippen LogP contribution in [0.2, 0.25) is 10.0 Å². The first kappa shape index (κ1) is 20.1. The molecule has 2 aromatic rings. The van der Waals surface area contributed by atoms with Gasteiger partial charge in [0.25, 0.3) is 5.56 Å². The molecule has 1 amide bonds. The van der Waals surface area contributed by atoms with Crippen LogP contribution in [-0.4, -0.2) is 17.6 Å². The van der Waals surface area contributed by atoms with E-state index in [0.29, 0.717) is 27.4 Å². The molecule has 1 aromatic carbocycles. The van der Waals surface area contributed by atoms with Crippen LogP contribution in [0.4, 0.5) is 18.9 Å². The molecule has 0 fully saturated rings. The van der Waals surface area contributed by atoms with Gasteiger partial charge >= 0.3 is 6.18 Å². The number of rotatable bonds is 4. The number of nitrogens with zero attached hydrogens (tertiary/aromatic N) is 1. The Bertz CT molecular complexity index is 911. The second-order valence-electron chi connectivity index (χ2n) is 5.36. The summed E-state index contributed by atoms with van der Waals surface area (Å²) in [7, 11) is 1.37. The van der Waals surface area contributed by atoms with E-state index in [4.69, 9.17) is 27.9 Å². The van der Waals surface area contributed by atoms with Crippen molar-refractivity contribution in [3.8, 4) is 5.75 Å². The van der Waals surface area contributed by atoms with E-state index < -0.39 is 34.8 Å². The minimum absolute atomic E-state index is 0.267. The van der Waals surface area contributed by atoms with Crippen molar-refractivity contribution in [3.05, 3.63) is 55.9 Å². The first-order valence-electron chi connectivity index (χ1n) is 7.14. The number of pyridine rings is 1. The van der Waals surface area contributed by atoms with Crippen LogP contribution in [0.1, 0.15) is 11.1 Å². The summed E-state index contributed by atoms with van der Waals surface area (Å²) in [4.78, 5) is 24.1. The predicted molar refractivity (Wildman–Crippen MR) is 92.1 cm³/mol. The number of anilines is 1. The van der Waals surface area contributed by atoms with Gasteiger partial charge in [-0.3, -0.25) is 9.59 Å². The van der Waals surface area contributed by atoms with Gasteiger partial charge in [0.1, 0.15) is 17.3 Å². The smallest absolute Gasteiger partial charge is 0.417 e. The molecular formula is C16H13Cl2F3N2O3. The molecule has 0 bridgehead atoms. The van der Waals surface area contributed by atoms with Crippen LogP contribution in [0.5, 0.6) is 5.75 Å². The number of carbonyl (C=O) groups is 1. The third-order valence-corrected chi connectivity index (χ3v) is 4.12. The monoisotopic (exact) mass is 408 g/mol. The lowest BCUT2D eigenvalue weighted by Crippen LogP contribution is -2.29. The van der Waals surface area contributed by atoms with E-state index in [2.05, 4.69) is 5.32 Å². The Balaban J connectivity index is 2.30. The van der Waals surface area contributed by atoms with Gasteiger partial charge in [0, 0.05) is 17.3 Å². The van der Waals surface area contributed by atoms with Crippen LogP contribution in [-0.2, 0) is 17.5 Å². The zero-order valence-corrected chi connectivity index (χ0v) is 15.1. The molecule has 10 heteroatoms. The first-order chi connectivity index (χ1) is 12.0. The maximum absolute atomic E-state index is 12.8. The van der Waals surface area contributed by atoms with Gasteiger partial charge in [0.2, 0.25) is 5.91 Å². The van der Waals surface area contributed by atoms with Gasteiger partial charge in [-0.05, 0) is 24.6 Å². The van der Waals surface area contributed by atoms with Crippen molar-refractivity contribution < 1.29 is 22.7 Å². The molecule has 0 spiro atoms. The lowest BCUT2D eigenvalue weighted by Gasteiger charge is -2.14. The van der Waals surface area contributed by atoms with Crippen molar-refractivity contribution in [1.82, 2.24) is 4.57 Å². The van der Waals surface area contributed by atoms with Crippen LogP contribution in [0.15, 0.2) is 29.2 Å². The quantitative estimate of drug-likeness (QED) is 0.827. The molecular weight excluding hydrogens is 396 g/mol. The molecule has 0 saturated carbocycles. The summed E-state index contributed by atoms with van der Waals surface area (Å²) in [5.41, 5.74) is -1.11. The molecule has 0 radical (unpaired) electrons. The SMILES string of the molecule is COc1cc(Cl)c(C)cc1NC(=O)Cn1cc(C(F)(F)F)cc(Cl)c1=O. The summed E-state index contributed by atoms with van der Waals surface area (Å²) in [6, 6.07) is 3.55. The summed E-state index contributed by atoms with van der Waals surface area (Å²) in [6.07, 6.45) is -4.16. The number of aromatic nitrogens is 1. The number of amides is 1. The van der Waals surface area contributed by atoms with E-state index in [0.717, 1.165) is 0 Å². The summed E-state index contributed by atoms with van der Waals surface area (Å²) >= 11 is 11.5. The van der Waals surface area contributed by atoms with Crippen LogP contribution in [0.3, 0.4) is 0 Å². The number of aryl methyl sites for hydroxylation is 1. The Labute approximate surface area is 156 Å². The van der Waals surface area contributed by atoms with Crippen molar-refractivity contribution in [2.45, 2.75) is 19.6 Å². The molecule has 0 atom stereocenters. The van der Waals surface area contributed by atoms with E-state index in [1.807, 2.05) is 0 Å². The maximum Gasteiger partial charge on any atom is 0.417 e. The van der Waals surface area contributed by atoms with E-state index in [-0.39, 0.29) is 11.4 Å². The van der Waals surface area contributed by atoms with E-state index in [9.17, 15) is 22.8 Å². The van der Waals surface area contributed by atoms with Crippen LogP contribution < -0.4 is 15.6 Å². The number of halogens is 5. The van der Waals surface area contributed by atoms with E-state index in [1.165, 1.54) is 13.2 Å². The van der Waals surface area contributed by atoms with E-state index >= 15 is 0 Å². The van der Waals surface area contributed by atoms with E-state index in [1.54, 1.807) is 13.0 Å².